The molecule has 3 rings (SSSR count). The van der Waals surface area contributed by atoms with Crippen molar-refractivity contribution in [2.24, 2.45) is 5.92 Å². The minimum absolute atomic E-state index is 0.0363. The lowest BCUT2D eigenvalue weighted by Gasteiger charge is -2.31. The van der Waals surface area contributed by atoms with Crippen LogP contribution in [0.2, 0.25) is 0 Å². The van der Waals surface area contributed by atoms with Gasteiger partial charge < -0.3 is 10.2 Å². The number of carbonyl (C=O) groups is 1. The van der Waals surface area contributed by atoms with Crippen LogP contribution in [0.3, 0.4) is 0 Å². The lowest BCUT2D eigenvalue weighted by Crippen LogP contribution is -2.44. The van der Waals surface area contributed by atoms with Gasteiger partial charge in [0.2, 0.25) is 0 Å². The molecule has 0 aromatic carbocycles. The summed E-state index contributed by atoms with van der Waals surface area (Å²) in [7, 11) is 0. The van der Waals surface area contributed by atoms with Gasteiger partial charge in [-0.3, -0.25) is 14.4 Å². The molecule has 7 nitrogen and oxygen atoms in total. The molecule has 24 heavy (non-hydrogen) atoms. The minimum Gasteiger partial charge on any atom is -0.337 e. The standard InChI is InChI=1S/C16H28N6OS/c1-24-13-14-3-2-6-21(11-14)16(23)15-12-22(19-18-15)10-9-20-7-4-17-5-8-20/h12,14,17H,2-11,13H2,1H3/t14-/m0/s1. The predicted octanol–water partition coefficient (Wildman–Crippen LogP) is 0.399. The van der Waals surface area contributed by atoms with Crippen LogP contribution in [0, 0.1) is 5.92 Å². The third-order valence-electron chi connectivity index (χ3n) is 4.82. The van der Waals surface area contributed by atoms with Crippen molar-refractivity contribution in [2.45, 2.75) is 19.4 Å². The van der Waals surface area contributed by atoms with E-state index in [0.717, 1.165) is 64.5 Å². The predicted molar refractivity (Wildman–Crippen MR) is 96.3 cm³/mol. The molecule has 1 N–H and O–H groups in total. The van der Waals surface area contributed by atoms with Gasteiger partial charge in [-0.15, -0.1) is 5.10 Å². The van der Waals surface area contributed by atoms with Crippen LogP contribution in [0.4, 0.5) is 0 Å². The summed E-state index contributed by atoms with van der Waals surface area (Å²) in [5.74, 6) is 1.77. The maximum atomic E-state index is 12.7. The Morgan fingerprint density at radius 2 is 2.17 bits per heavy atom. The van der Waals surface area contributed by atoms with Gasteiger partial charge in [0.1, 0.15) is 0 Å². The van der Waals surface area contributed by atoms with Gasteiger partial charge in [0, 0.05) is 45.8 Å². The highest BCUT2D eigenvalue weighted by Crippen LogP contribution is 2.20. The van der Waals surface area contributed by atoms with Crippen LogP contribution >= 0.6 is 11.8 Å². The zero-order valence-electron chi connectivity index (χ0n) is 14.5. The van der Waals surface area contributed by atoms with Crippen LogP contribution < -0.4 is 5.32 Å². The van der Waals surface area contributed by atoms with Crippen molar-refractivity contribution in [3.63, 3.8) is 0 Å². The number of nitrogens with one attached hydrogen (secondary N) is 1. The molecular formula is C16H28N6OS. The van der Waals surface area contributed by atoms with Gasteiger partial charge in [0.15, 0.2) is 5.69 Å². The fourth-order valence-corrected chi connectivity index (χ4v) is 4.21. The van der Waals surface area contributed by atoms with Crippen LogP contribution in [-0.4, -0.2) is 88.5 Å². The Labute approximate surface area is 148 Å². The molecule has 2 fully saturated rings. The number of nitrogens with zero attached hydrogens (tertiary/aromatic N) is 5. The molecule has 0 unspecified atom stereocenters. The summed E-state index contributed by atoms with van der Waals surface area (Å²) < 4.78 is 1.80. The van der Waals surface area contributed by atoms with Gasteiger partial charge in [0.05, 0.1) is 12.7 Å². The monoisotopic (exact) mass is 352 g/mol. The molecule has 1 amide bonds. The van der Waals surface area contributed by atoms with Crippen molar-refractivity contribution in [1.82, 2.24) is 30.1 Å². The highest BCUT2D eigenvalue weighted by molar-refractivity contribution is 7.98. The van der Waals surface area contributed by atoms with Gasteiger partial charge in [0.25, 0.3) is 5.91 Å². The van der Waals surface area contributed by atoms with Gasteiger partial charge in [-0.2, -0.15) is 11.8 Å². The number of amides is 1. The molecule has 1 atom stereocenters. The SMILES string of the molecule is CSC[C@H]1CCCN(C(=O)c2cn(CCN3CCNCC3)nn2)C1. The van der Waals surface area contributed by atoms with E-state index in [1.54, 1.807) is 4.68 Å². The van der Waals surface area contributed by atoms with E-state index >= 15 is 0 Å². The van der Waals surface area contributed by atoms with Gasteiger partial charge in [-0.05, 0) is 30.8 Å². The average Bonchev–Trinajstić information content (AvgIpc) is 3.10. The number of piperazine rings is 1. The van der Waals surface area contributed by atoms with Crippen LogP contribution in [0.1, 0.15) is 23.3 Å². The second kappa shape index (κ2) is 8.82. The van der Waals surface area contributed by atoms with Crippen LogP contribution in [0.5, 0.6) is 0 Å². The Kier molecular flexibility index (Phi) is 6.51. The summed E-state index contributed by atoms with van der Waals surface area (Å²) in [6, 6.07) is 0. The van der Waals surface area contributed by atoms with E-state index in [-0.39, 0.29) is 5.91 Å². The third kappa shape index (κ3) is 4.70. The van der Waals surface area contributed by atoms with E-state index in [0.29, 0.717) is 11.6 Å². The first-order valence-corrected chi connectivity index (χ1v) is 10.3. The van der Waals surface area contributed by atoms with Gasteiger partial charge >= 0.3 is 0 Å². The smallest absolute Gasteiger partial charge is 0.276 e. The maximum Gasteiger partial charge on any atom is 0.276 e. The number of hydrogen-bond acceptors (Lipinski definition) is 6. The number of hydrogen-bond donors (Lipinski definition) is 1. The molecule has 3 heterocycles. The molecular weight excluding hydrogens is 324 g/mol. The zero-order valence-corrected chi connectivity index (χ0v) is 15.3. The van der Waals surface area contributed by atoms with Crippen molar-refractivity contribution in [3.8, 4) is 0 Å². The number of likely N-dealkylation sites (tertiary alicyclic amines) is 1. The Hall–Kier alpha value is -1.12. The topological polar surface area (TPSA) is 66.3 Å². The zero-order chi connectivity index (χ0) is 16.8. The van der Waals surface area contributed by atoms with Crippen molar-refractivity contribution in [3.05, 3.63) is 11.9 Å². The molecule has 2 aliphatic rings. The summed E-state index contributed by atoms with van der Waals surface area (Å²) in [4.78, 5) is 17.0. The maximum absolute atomic E-state index is 12.7. The van der Waals surface area contributed by atoms with E-state index in [4.69, 9.17) is 0 Å². The summed E-state index contributed by atoms with van der Waals surface area (Å²) in [6.45, 7) is 7.69. The van der Waals surface area contributed by atoms with Crippen molar-refractivity contribution < 1.29 is 4.79 Å². The fraction of sp³-hybridized carbons (Fsp3) is 0.812. The second-order valence-electron chi connectivity index (χ2n) is 6.67. The largest absolute Gasteiger partial charge is 0.337 e. The highest BCUT2D eigenvalue weighted by Gasteiger charge is 2.25. The molecule has 1 aromatic heterocycles. The molecule has 2 saturated heterocycles. The molecule has 134 valence electrons. The quantitative estimate of drug-likeness (QED) is 0.799. The first-order chi connectivity index (χ1) is 11.8. The van der Waals surface area contributed by atoms with E-state index < -0.39 is 0 Å². The number of carbonyl (C=O) groups excluding carboxylic acids is 1. The summed E-state index contributed by atoms with van der Waals surface area (Å²) >= 11 is 1.86. The van der Waals surface area contributed by atoms with E-state index in [1.807, 2.05) is 22.9 Å². The number of thioether (sulfide) groups is 1. The molecule has 0 spiro atoms. The van der Waals surface area contributed by atoms with Crippen LogP contribution in [-0.2, 0) is 6.54 Å². The molecule has 0 bridgehead atoms. The molecule has 1 aromatic rings. The lowest BCUT2D eigenvalue weighted by molar-refractivity contribution is 0.0679. The third-order valence-corrected chi connectivity index (χ3v) is 5.63. The number of aromatic nitrogens is 3. The normalized spacial score (nSPS) is 22.7. The fourth-order valence-electron chi connectivity index (χ4n) is 3.47. The van der Waals surface area contributed by atoms with Crippen LogP contribution in [0.25, 0.3) is 0 Å². The highest BCUT2D eigenvalue weighted by atomic mass is 32.2. The molecule has 2 aliphatic heterocycles. The Bertz CT molecular complexity index is 528. The molecule has 0 aliphatic carbocycles. The summed E-state index contributed by atoms with van der Waals surface area (Å²) in [5, 5.41) is 11.6. The van der Waals surface area contributed by atoms with Gasteiger partial charge in [-0.1, -0.05) is 5.21 Å². The van der Waals surface area contributed by atoms with Crippen molar-refractivity contribution in [2.75, 3.05) is 57.8 Å². The van der Waals surface area contributed by atoms with Crippen molar-refractivity contribution in [1.29, 1.82) is 0 Å². The van der Waals surface area contributed by atoms with E-state index in [9.17, 15) is 4.79 Å². The Morgan fingerprint density at radius 3 is 2.96 bits per heavy atom. The second-order valence-corrected chi connectivity index (χ2v) is 7.58. The average molecular weight is 353 g/mol. The first kappa shape index (κ1) is 17.7. The lowest BCUT2D eigenvalue weighted by atomic mass is 10.00. The summed E-state index contributed by atoms with van der Waals surface area (Å²) in [5.41, 5.74) is 0.486. The molecule has 0 radical (unpaired) electrons. The minimum atomic E-state index is 0.0363. The molecule has 8 heteroatoms. The summed E-state index contributed by atoms with van der Waals surface area (Å²) in [6.07, 6.45) is 6.25. The van der Waals surface area contributed by atoms with Gasteiger partial charge in [-0.25, -0.2) is 0 Å². The van der Waals surface area contributed by atoms with E-state index in [2.05, 4.69) is 26.8 Å². The van der Waals surface area contributed by atoms with E-state index in [1.165, 1.54) is 6.42 Å². The first-order valence-electron chi connectivity index (χ1n) is 8.87. The Balaban J connectivity index is 1.51. The number of rotatable bonds is 6. The van der Waals surface area contributed by atoms with Crippen LogP contribution in [0.15, 0.2) is 6.20 Å². The van der Waals surface area contributed by atoms with Crippen molar-refractivity contribution >= 4 is 17.7 Å². The Morgan fingerprint density at radius 1 is 1.33 bits per heavy atom. The number of piperidine rings is 1. The molecule has 0 saturated carbocycles.